The second-order valence-corrected chi connectivity index (χ2v) is 7.00. The van der Waals surface area contributed by atoms with E-state index in [1.54, 1.807) is 18.2 Å². The molecule has 1 aromatic heterocycles. The van der Waals surface area contributed by atoms with Gasteiger partial charge in [0, 0.05) is 17.1 Å². The van der Waals surface area contributed by atoms with E-state index in [1.807, 2.05) is 0 Å². The van der Waals surface area contributed by atoms with E-state index in [4.69, 9.17) is 11.6 Å². The van der Waals surface area contributed by atoms with E-state index >= 15 is 0 Å². The number of hydrogen-bond acceptors (Lipinski definition) is 6. The van der Waals surface area contributed by atoms with Gasteiger partial charge in [-0.1, -0.05) is 41.6 Å². The van der Waals surface area contributed by atoms with E-state index in [0.717, 1.165) is 17.8 Å². The van der Waals surface area contributed by atoms with Gasteiger partial charge in [0.15, 0.2) is 0 Å². The lowest BCUT2D eigenvalue weighted by Crippen LogP contribution is -2.15. The van der Waals surface area contributed by atoms with Crippen LogP contribution in [0, 0.1) is 10.1 Å². The summed E-state index contributed by atoms with van der Waals surface area (Å²) < 4.78 is 39.1. The van der Waals surface area contributed by atoms with Crippen LogP contribution in [0.1, 0.15) is 5.82 Å². The molecule has 12 heteroatoms. The average molecular weight is 443 g/mol. The SMILES string of the molecule is O=C(CSc1nc(C(F)(F)F)nc2ccccc12)Nc1ccc(Cl)c([N+](=O)[O-])c1. The average Bonchev–Trinajstić information content (AvgIpc) is 2.66. The van der Waals surface area contributed by atoms with Crippen LogP contribution in [0.3, 0.4) is 0 Å². The fraction of sp³-hybridized carbons (Fsp3) is 0.118. The first-order valence-corrected chi connectivity index (χ1v) is 9.22. The largest absolute Gasteiger partial charge is 0.451 e. The Balaban J connectivity index is 1.79. The Bertz CT molecular complexity index is 1110. The molecule has 0 aliphatic rings. The van der Waals surface area contributed by atoms with E-state index in [-0.39, 0.29) is 32.7 Å². The van der Waals surface area contributed by atoms with Crippen LogP contribution in [0.4, 0.5) is 24.5 Å². The van der Waals surface area contributed by atoms with Crippen LogP contribution in [0.15, 0.2) is 47.5 Å². The fourth-order valence-electron chi connectivity index (χ4n) is 2.35. The van der Waals surface area contributed by atoms with Gasteiger partial charge in [-0.2, -0.15) is 13.2 Å². The molecule has 0 atom stereocenters. The molecule has 2 aromatic carbocycles. The summed E-state index contributed by atoms with van der Waals surface area (Å²) in [5, 5.41) is 13.6. The molecule has 0 aliphatic carbocycles. The minimum absolute atomic E-state index is 0.000150. The Morgan fingerprint density at radius 3 is 2.62 bits per heavy atom. The van der Waals surface area contributed by atoms with Crippen LogP contribution in [0.25, 0.3) is 10.9 Å². The first-order valence-electron chi connectivity index (χ1n) is 7.85. The third-order valence-corrected chi connectivity index (χ3v) is 4.90. The molecular weight excluding hydrogens is 433 g/mol. The zero-order chi connectivity index (χ0) is 21.2. The van der Waals surface area contributed by atoms with Crippen LogP contribution >= 0.6 is 23.4 Å². The Hall–Kier alpha value is -2.92. The van der Waals surface area contributed by atoms with Gasteiger partial charge >= 0.3 is 6.18 Å². The van der Waals surface area contributed by atoms with Crippen molar-refractivity contribution in [3.8, 4) is 0 Å². The summed E-state index contributed by atoms with van der Waals surface area (Å²) in [7, 11) is 0. The lowest BCUT2D eigenvalue weighted by atomic mass is 10.2. The third-order valence-electron chi connectivity index (χ3n) is 3.59. The van der Waals surface area contributed by atoms with Crippen molar-refractivity contribution in [2.24, 2.45) is 0 Å². The zero-order valence-electron chi connectivity index (χ0n) is 14.2. The molecule has 3 aromatic rings. The van der Waals surface area contributed by atoms with Crippen molar-refractivity contribution in [3.63, 3.8) is 0 Å². The molecule has 0 saturated carbocycles. The number of carbonyl (C=O) groups excluding carboxylic acids is 1. The standard InChI is InChI=1S/C17H10ClF3N4O3S/c18-11-6-5-9(7-13(11)25(27)28)22-14(26)8-29-15-10-3-1-2-4-12(10)23-16(24-15)17(19,20)21/h1-7H,8H2,(H,22,26). The number of hydrogen-bond donors (Lipinski definition) is 1. The zero-order valence-corrected chi connectivity index (χ0v) is 15.8. The molecule has 0 unspecified atom stereocenters. The smallest absolute Gasteiger partial charge is 0.325 e. The summed E-state index contributed by atoms with van der Waals surface area (Å²) in [4.78, 5) is 29.4. The maximum absolute atomic E-state index is 13.0. The third kappa shape index (κ3) is 4.93. The highest BCUT2D eigenvalue weighted by atomic mass is 35.5. The van der Waals surface area contributed by atoms with E-state index in [0.29, 0.717) is 5.39 Å². The first-order chi connectivity index (χ1) is 13.6. The first kappa shape index (κ1) is 20.8. The van der Waals surface area contributed by atoms with Crippen molar-refractivity contribution >= 4 is 51.5 Å². The molecule has 1 amide bonds. The van der Waals surface area contributed by atoms with Gasteiger partial charge in [0.05, 0.1) is 16.2 Å². The maximum Gasteiger partial charge on any atom is 0.451 e. The molecule has 3 rings (SSSR count). The molecule has 0 spiro atoms. The van der Waals surface area contributed by atoms with Crippen LogP contribution < -0.4 is 5.32 Å². The maximum atomic E-state index is 13.0. The van der Waals surface area contributed by atoms with Crippen molar-refractivity contribution in [2.75, 3.05) is 11.1 Å². The van der Waals surface area contributed by atoms with Crippen molar-refractivity contribution < 1.29 is 22.9 Å². The number of carbonyl (C=O) groups is 1. The number of thioether (sulfide) groups is 1. The molecule has 1 heterocycles. The lowest BCUT2D eigenvalue weighted by Gasteiger charge is -2.10. The van der Waals surface area contributed by atoms with Gasteiger partial charge < -0.3 is 5.32 Å². The predicted octanol–water partition coefficient (Wildman–Crippen LogP) is 4.94. The van der Waals surface area contributed by atoms with Crippen molar-refractivity contribution in [1.82, 2.24) is 9.97 Å². The summed E-state index contributed by atoms with van der Waals surface area (Å²) in [6.45, 7) is 0. The number of fused-ring (bicyclic) bond motifs is 1. The number of amides is 1. The summed E-state index contributed by atoms with van der Waals surface area (Å²) >= 11 is 6.51. The van der Waals surface area contributed by atoms with Crippen LogP contribution in [-0.4, -0.2) is 26.6 Å². The molecular formula is C17H10ClF3N4O3S. The number of anilines is 1. The minimum Gasteiger partial charge on any atom is -0.325 e. The Morgan fingerprint density at radius 1 is 1.21 bits per heavy atom. The second kappa shape index (κ2) is 8.21. The highest BCUT2D eigenvalue weighted by molar-refractivity contribution is 8.00. The number of nitro groups is 1. The Labute approximate surface area is 170 Å². The molecule has 0 radical (unpaired) electrons. The second-order valence-electron chi connectivity index (χ2n) is 5.63. The van der Waals surface area contributed by atoms with Gasteiger partial charge in [0.2, 0.25) is 11.7 Å². The molecule has 1 N–H and O–H groups in total. The van der Waals surface area contributed by atoms with E-state index in [2.05, 4.69) is 15.3 Å². The van der Waals surface area contributed by atoms with E-state index < -0.39 is 22.8 Å². The molecule has 0 fully saturated rings. The van der Waals surface area contributed by atoms with Crippen LogP contribution in [0.5, 0.6) is 0 Å². The van der Waals surface area contributed by atoms with Crippen molar-refractivity contribution in [2.45, 2.75) is 11.2 Å². The number of nitrogens with one attached hydrogen (secondary N) is 1. The molecule has 0 bridgehead atoms. The number of halogens is 4. The molecule has 0 aliphatic heterocycles. The van der Waals surface area contributed by atoms with Crippen molar-refractivity contribution in [3.05, 3.63) is 63.4 Å². The summed E-state index contributed by atoms with van der Waals surface area (Å²) in [5.41, 5.74) is -0.144. The quantitative estimate of drug-likeness (QED) is 0.260. The lowest BCUT2D eigenvalue weighted by molar-refractivity contribution is -0.384. The fourth-order valence-corrected chi connectivity index (χ4v) is 3.35. The number of para-hydroxylation sites is 1. The van der Waals surface area contributed by atoms with Gasteiger partial charge in [-0.25, -0.2) is 9.97 Å². The predicted molar refractivity (Wildman–Crippen MR) is 102 cm³/mol. The highest BCUT2D eigenvalue weighted by Crippen LogP contribution is 2.32. The number of nitro benzene ring substituents is 1. The number of nitrogens with zero attached hydrogens (tertiary/aromatic N) is 3. The number of rotatable bonds is 5. The van der Waals surface area contributed by atoms with Gasteiger partial charge in [-0.15, -0.1) is 0 Å². The van der Waals surface area contributed by atoms with Crippen LogP contribution in [-0.2, 0) is 11.0 Å². The Kier molecular flexibility index (Phi) is 5.89. The summed E-state index contributed by atoms with van der Waals surface area (Å²) in [5.74, 6) is -2.15. The minimum atomic E-state index is -4.73. The number of benzene rings is 2. The summed E-state index contributed by atoms with van der Waals surface area (Å²) in [6, 6.07) is 9.87. The number of aromatic nitrogens is 2. The highest BCUT2D eigenvalue weighted by Gasteiger charge is 2.35. The Morgan fingerprint density at radius 2 is 1.93 bits per heavy atom. The van der Waals surface area contributed by atoms with E-state index in [1.165, 1.54) is 18.2 Å². The topological polar surface area (TPSA) is 98.0 Å². The monoisotopic (exact) mass is 442 g/mol. The van der Waals surface area contributed by atoms with Crippen molar-refractivity contribution in [1.29, 1.82) is 0 Å². The van der Waals surface area contributed by atoms with Gasteiger partial charge in [-0.3, -0.25) is 14.9 Å². The molecule has 0 saturated heterocycles. The van der Waals surface area contributed by atoms with E-state index in [9.17, 15) is 28.1 Å². The normalized spacial score (nSPS) is 11.4. The van der Waals surface area contributed by atoms with Gasteiger partial charge in [0.25, 0.3) is 5.69 Å². The molecule has 7 nitrogen and oxygen atoms in total. The van der Waals surface area contributed by atoms with Gasteiger partial charge in [0.1, 0.15) is 10.0 Å². The van der Waals surface area contributed by atoms with Gasteiger partial charge in [-0.05, 0) is 18.2 Å². The molecule has 150 valence electrons. The number of alkyl halides is 3. The molecule has 29 heavy (non-hydrogen) atoms. The summed E-state index contributed by atoms with van der Waals surface area (Å²) in [6.07, 6.45) is -4.73. The van der Waals surface area contributed by atoms with Crippen LogP contribution in [0.2, 0.25) is 5.02 Å².